The molecule has 0 aliphatic rings. The van der Waals surface area contributed by atoms with E-state index >= 15 is 0 Å². The Hall–Kier alpha value is -3.81. The summed E-state index contributed by atoms with van der Waals surface area (Å²) >= 11 is 0. The lowest BCUT2D eigenvalue weighted by atomic mass is 10.1. The molecule has 2 heterocycles. The van der Waals surface area contributed by atoms with Gasteiger partial charge in [0, 0.05) is 12.1 Å². The summed E-state index contributed by atoms with van der Waals surface area (Å²) in [5, 5.41) is 4.62. The number of benzene rings is 2. The van der Waals surface area contributed by atoms with Crippen LogP contribution in [0.3, 0.4) is 0 Å². The number of hydrogen-bond acceptors (Lipinski definition) is 5. The lowest BCUT2D eigenvalue weighted by molar-refractivity contribution is 0.0748. The van der Waals surface area contributed by atoms with Crippen LogP contribution in [0, 0.1) is 0 Å². The van der Waals surface area contributed by atoms with E-state index in [0.717, 1.165) is 5.56 Å². The monoisotopic (exact) mass is 388 g/mol. The highest BCUT2D eigenvalue weighted by Gasteiger charge is 2.16. The fourth-order valence-electron chi connectivity index (χ4n) is 3.15. The van der Waals surface area contributed by atoms with Crippen LogP contribution in [0.25, 0.3) is 10.9 Å². The molecule has 4 rings (SSSR count). The third-order valence-electron chi connectivity index (χ3n) is 4.68. The molecule has 0 aliphatic carbocycles. The SMILES string of the molecule is CCN(Cc1nc2ccccc2c(=O)[nH]1)C(=O)c1ccc(Cn2cncn2)cc1. The summed E-state index contributed by atoms with van der Waals surface area (Å²) in [6.45, 7) is 3.22. The Balaban J connectivity index is 1.51. The van der Waals surface area contributed by atoms with Gasteiger partial charge in [0.05, 0.1) is 24.0 Å². The number of aromatic nitrogens is 5. The minimum Gasteiger partial charge on any atom is -0.331 e. The van der Waals surface area contributed by atoms with Gasteiger partial charge in [0.1, 0.15) is 18.5 Å². The Bertz CT molecular complexity index is 1180. The topological polar surface area (TPSA) is 96.8 Å². The molecule has 0 atom stereocenters. The van der Waals surface area contributed by atoms with Crippen LogP contribution in [-0.2, 0) is 13.1 Å². The minimum atomic E-state index is -0.202. The van der Waals surface area contributed by atoms with Gasteiger partial charge in [-0.25, -0.2) is 14.6 Å². The quantitative estimate of drug-likeness (QED) is 0.546. The number of nitrogens with zero attached hydrogens (tertiary/aromatic N) is 5. The Labute approximate surface area is 166 Å². The number of fused-ring (bicyclic) bond motifs is 1. The highest BCUT2D eigenvalue weighted by Crippen LogP contribution is 2.12. The molecular formula is C21H20N6O2. The fraction of sp³-hybridized carbons (Fsp3) is 0.190. The maximum absolute atomic E-state index is 12.9. The van der Waals surface area contributed by atoms with Crippen LogP contribution >= 0.6 is 0 Å². The molecule has 0 bridgehead atoms. The Morgan fingerprint density at radius 3 is 2.66 bits per heavy atom. The van der Waals surface area contributed by atoms with E-state index in [0.29, 0.717) is 35.4 Å². The van der Waals surface area contributed by atoms with Gasteiger partial charge in [-0.3, -0.25) is 9.59 Å². The second-order valence-corrected chi connectivity index (χ2v) is 6.64. The first-order chi connectivity index (χ1) is 14.1. The number of nitrogens with one attached hydrogen (secondary N) is 1. The standard InChI is InChI=1S/C21H20N6O2/c1-2-26(12-19-24-18-6-4-3-5-17(18)20(28)25-19)21(29)16-9-7-15(8-10-16)11-27-14-22-13-23-27/h3-10,13-14H,2,11-12H2,1H3,(H,24,25,28). The van der Waals surface area contributed by atoms with Crippen molar-refractivity contribution in [2.75, 3.05) is 6.54 Å². The molecular weight excluding hydrogens is 368 g/mol. The van der Waals surface area contributed by atoms with Crippen LogP contribution in [-0.4, -0.2) is 42.1 Å². The van der Waals surface area contributed by atoms with E-state index in [2.05, 4.69) is 20.1 Å². The predicted octanol–water partition coefficient (Wildman–Crippen LogP) is 2.23. The van der Waals surface area contributed by atoms with Crippen LogP contribution in [0.15, 0.2) is 66.0 Å². The van der Waals surface area contributed by atoms with Crippen LogP contribution in [0.2, 0.25) is 0 Å². The van der Waals surface area contributed by atoms with Crippen molar-refractivity contribution < 1.29 is 4.79 Å². The predicted molar refractivity (Wildman–Crippen MR) is 108 cm³/mol. The van der Waals surface area contributed by atoms with Gasteiger partial charge < -0.3 is 9.88 Å². The third kappa shape index (κ3) is 4.06. The average Bonchev–Trinajstić information content (AvgIpc) is 3.25. The van der Waals surface area contributed by atoms with Crippen LogP contribution in [0.5, 0.6) is 0 Å². The molecule has 0 aliphatic heterocycles. The number of carbonyl (C=O) groups excluding carboxylic acids is 1. The van der Waals surface area contributed by atoms with E-state index in [4.69, 9.17) is 0 Å². The first-order valence-corrected chi connectivity index (χ1v) is 9.32. The molecule has 146 valence electrons. The van der Waals surface area contributed by atoms with E-state index in [-0.39, 0.29) is 18.0 Å². The van der Waals surface area contributed by atoms with Crippen molar-refractivity contribution in [3.05, 3.63) is 88.5 Å². The lowest BCUT2D eigenvalue weighted by Crippen LogP contribution is -2.32. The van der Waals surface area contributed by atoms with Gasteiger partial charge in [-0.05, 0) is 36.8 Å². The Morgan fingerprint density at radius 1 is 1.14 bits per heavy atom. The molecule has 0 radical (unpaired) electrons. The second-order valence-electron chi connectivity index (χ2n) is 6.64. The first kappa shape index (κ1) is 18.5. The number of H-pyrrole nitrogens is 1. The number of hydrogen-bond donors (Lipinski definition) is 1. The summed E-state index contributed by atoms with van der Waals surface area (Å²) in [5.74, 6) is 0.349. The molecule has 0 saturated heterocycles. The van der Waals surface area contributed by atoms with Gasteiger partial charge in [0.15, 0.2) is 0 Å². The summed E-state index contributed by atoms with van der Waals surface area (Å²) in [4.78, 5) is 38.0. The Morgan fingerprint density at radius 2 is 1.93 bits per heavy atom. The molecule has 2 aromatic heterocycles. The molecule has 8 heteroatoms. The van der Waals surface area contributed by atoms with Crippen molar-refractivity contribution in [2.24, 2.45) is 0 Å². The van der Waals surface area contributed by atoms with E-state index in [1.165, 1.54) is 6.33 Å². The molecule has 0 unspecified atom stereocenters. The van der Waals surface area contributed by atoms with Crippen molar-refractivity contribution in [3.63, 3.8) is 0 Å². The molecule has 0 saturated carbocycles. The highest BCUT2D eigenvalue weighted by molar-refractivity contribution is 5.94. The number of aromatic amines is 1. The summed E-state index contributed by atoms with van der Waals surface area (Å²) in [5.41, 5.74) is 2.02. The average molecular weight is 388 g/mol. The zero-order valence-corrected chi connectivity index (χ0v) is 15.9. The van der Waals surface area contributed by atoms with E-state index in [1.807, 2.05) is 25.1 Å². The Kier molecular flexibility index (Phi) is 5.15. The number of para-hydroxylation sites is 1. The number of rotatable bonds is 6. The molecule has 8 nitrogen and oxygen atoms in total. The molecule has 0 fully saturated rings. The van der Waals surface area contributed by atoms with Gasteiger partial charge >= 0.3 is 0 Å². The van der Waals surface area contributed by atoms with Crippen molar-refractivity contribution in [1.82, 2.24) is 29.6 Å². The zero-order chi connectivity index (χ0) is 20.2. The van der Waals surface area contributed by atoms with Crippen molar-refractivity contribution in [2.45, 2.75) is 20.0 Å². The zero-order valence-electron chi connectivity index (χ0n) is 15.9. The molecule has 2 aromatic carbocycles. The molecule has 0 spiro atoms. The maximum atomic E-state index is 12.9. The lowest BCUT2D eigenvalue weighted by Gasteiger charge is -2.20. The smallest absolute Gasteiger partial charge is 0.258 e. The van der Waals surface area contributed by atoms with E-state index in [9.17, 15) is 9.59 Å². The normalized spacial score (nSPS) is 10.9. The van der Waals surface area contributed by atoms with Gasteiger partial charge in [0.2, 0.25) is 0 Å². The van der Waals surface area contributed by atoms with E-state index in [1.54, 1.807) is 46.2 Å². The van der Waals surface area contributed by atoms with Gasteiger partial charge in [-0.15, -0.1) is 0 Å². The summed E-state index contributed by atoms with van der Waals surface area (Å²) < 4.78 is 1.72. The van der Waals surface area contributed by atoms with Gasteiger partial charge in [0.25, 0.3) is 11.5 Å². The molecule has 29 heavy (non-hydrogen) atoms. The first-order valence-electron chi connectivity index (χ1n) is 9.32. The fourth-order valence-corrected chi connectivity index (χ4v) is 3.15. The highest BCUT2D eigenvalue weighted by atomic mass is 16.2. The summed E-state index contributed by atoms with van der Waals surface area (Å²) in [6.07, 6.45) is 3.14. The van der Waals surface area contributed by atoms with Crippen LogP contribution in [0.1, 0.15) is 28.7 Å². The van der Waals surface area contributed by atoms with Gasteiger partial charge in [-0.1, -0.05) is 24.3 Å². The van der Waals surface area contributed by atoms with Crippen molar-refractivity contribution >= 4 is 16.8 Å². The van der Waals surface area contributed by atoms with Crippen LogP contribution in [0.4, 0.5) is 0 Å². The van der Waals surface area contributed by atoms with Crippen molar-refractivity contribution in [3.8, 4) is 0 Å². The van der Waals surface area contributed by atoms with Crippen molar-refractivity contribution in [1.29, 1.82) is 0 Å². The largest absolute Gasteiger partial charge is 0.331 e. The van der Waals surface area contributed by atoms with E-state index < -0.39 is 0 Å². The second kappa shape index (κ2) is 8.05. The molecule has 4 aromatic rings. The maximum Gasteiger partial charge on any atom is 0.258 e. The molecule has 1 N–H and O–H groups in total. The summed E-state index contributed by atoms with van der Waals surface area (Å²) in [7, 11) is 0. The molecule has 1 amide bonds. The van der Waals surface area contributed by atoms with Crippen LogP contribution < -0.4 is 5.56 Å². The number of carbonyl (C=O) groups is 1. The summed E-state index contributed by atoms with van der Waals surface area (Å²) in [6, 6.07) is 14.6. The van der Waals surface area contributed by atoms with Gasteiger partial charge in [-0.2, -0.15) is 5.10 Å². The number of amides is 1. The third-order valence-corrected chi connectivity index (χ3v) is 4.68. The minimum absolute atomic E-state index is 0.115.